The molecule has 0 fully saturated rings. The van der Waals surface area contributed by atoms with Gasteiger partial charge in [0.25, 0.3) is 0 Å². The minimum Gasteiger partial charge on any atom is -0.478 e. The molecule has 21 heavy (non-hydrogen) atoms. The van der Waals surface area contributed by atoms with Crippen molar-refractivity contribution in [2.24, 2.45) is 0 Å². The first-order valence-electron chi connectivity index (χ1n) is 6.14. The monoisotopic (exact) mass is 304 g/mol. The van der Waals surface area contributed by atoms with Gasteiger partial charge in [-0.15, -0.1) is 0 Å². The summed E-state index contributed by atoms with van der Waals surface area (Å²) in [4.78, 5) is 22.7. The number of halogens is 1. The molecule has 2 aromatic rings. The number of benzene rings is 2. The number of carbonyl (C=O) groups excluding carboxylic acids is 1. The molecule has 0 aliphatic rings. The molecule has 0 heterocycles. The van der Waals surface area contributed by atoms with E-state index in [4.69, 9.17) is 11.6 Å². The van der Waals surface area contributed by atoms with Gasteiger partial charge >= 0.3 is 5.97 Å². The Morgan fingerprint density at radius 3 is 2.33 bits per heavy atom. The molecule has 108 valence electrons. The zero-order valence-corrected chi connectivity index (χ0v) is 11.9. The topological polar surface area (TPSA) is 78.4 Å². The zero-order chi connectivity index (χ0) is 15.4. The summed E-state index contributed by atoms with van der Waals surface area (Å²) in [6, 6.07) is 12.0. The van der Waals surface area contributed by atoms with Crippen molar-refractivity contribution < 1.29 is 14.7 Å². The van der Waals surface area contributed by atoms with Crippen LogP contribution >= 0.6 is 11.6 Å². The van der Waals surface area contributed by atoms with Crippen molar-refractivity contribution in [3.8, 4) is 0 Å². The van der Waals surface area contributed by atoms with Gasteiger partial charge in [0.15, 0.2) is 0 Å². The maximum atomic E-state index is 11.4. The van der Waals surface area contributed by atoms with Crippen molar-refractivity contribution in [2.45, 2.75) is 6.92 Å². The Morgan fingerprint density at radius 1 is 1.10 bits per heavy atom. The van der Waals surface area contributed by atoms with Gasteiger partial charge in [0.05, 0.1) is 16.4 Å². The van der Waals surface area contributed by atoms with Gasteiger partial charge in [0.2, 0.25) is 5.91 Å². The van der Waals surface area contributed by atoms with E-state index in [2.05, 4.69) is 10.6 Å². The van der Waals surface area contributed by atoms with Crippen molar-refractivity contribution in [1.82, 2.24) is 0 Å². The Bertz CT molecular complexity index is 687. The van der Waals surface area contributed by atoms with Gasteiger partial charge in [-0.2, -0.15) is 0 Å². The first-order chi connectivity index (χ1) is 9.99. The molecule has 0 saturated carbocycles. The molecule has 0 aliphatic heterocycles. The minimum absolute atomic E-state index is 0.0910. The number of nitrogens with one attached hydrogen (secondary N) is 2. The van der Waals surface area contributed by atoms with Crippen molar-refractivity contribution in [1.29, 1.82) is 0 Å². The van der Waals surface area contributed by atoms with Gasteiger partial charge in [0, 0.05) is 12.6 Å². The van der Waals surface area contributed by atoms with Gasteiger partial charge in [-0.25, -0.2) is 4.79 Å². The first kappa shape index (κ1) is 14.9. The Balaban J connectivity index is 2.55. The van der Waals surface area contributed by atoms with Gasteiger partial charge < -0.3 is 15.7 Å². The molecule has 2 rings (SSSR count). The van der Waals surface area contributed by atoms with Crippen LogP contribution in [0.1, 0.15) is 17.3 Å². The fourth-order valence-electron chi connectivity index (χ4n) is 1.88. The molecule has 2 aromatic carbocycles. The molecule has 0 atom stereocenters. The lowest BCUT2D eigenvalue weighted by molar-refractivity contribution is -0.114. The largest absolute Gasteiger partial charge is 0.478 e. The lowest BCUT2D eigenvalue weighted by Gasteiger charge is -2.16. The van der Waals surface area contributed by atoms with Crippen molar-refractivity contribution >= 4 is 40.5 Å². The van der Waals surface area contributed by atoms with Crippen LogP contribution in [-0.2, 0) is 4.79 Å². The van der Waals surface area contributed by atoms with Crippen molar-refractivity contribution in [3.05, 3.63) is 53.1 Å². The third-order valence-electron chi connectivity index (χ3n) is 2.72. The number of carboxylic acids is 1. The average molecular weight is 305 g/mol. The third kappa shape index (κ3) is 3.52. The first-order valence-corrected chi connectivity index (χ1v) is 6.52. The number of hydrogen-bond acceptors (Lipinski definition) is 3. The second-order valence-corrected chi connectivity index (χ2v) is 4.73. The highest BCUT2D eigenvalue weighted by Crippen LogP contribution is 2.34. The average Bonchev–Trinajstić information content (AvgIpc) is 2.42. The standard InChI is InChI=1S/C15H13ClN2O3/c1-9(19)17-12-8-7-11(16)13(15(20)21)14(12)18-10-5-3-2-4-6-10/h2-8,18H,1H3,(H,17,19)(H,20,21). The number of anilines is 3. The summed E-state index contributed by atoms with van der Waals surface area (Å²) in [5, 5.41) is 15.0. The lowest BCUT2D eigenvalue weighted by atomic mass is 10.1. The van der Waals surface area contributed by atoms with Gasteiger partial charge in [0.1, 0.15) is 5.56 Å². The van der Waals surface area contributed by atoms with E-state index in [0.29, 0.717) is 11.4 Å². The summed E-state index contributed by atoms with van der Waals surface area (Å²) in [6.07, 6.45) is 0. The maximum absolute atomic E-state index is 11.4. The zero-order valence-electron chi connectivity index (χ0n) is 11.2. The number of aromatic carboxylic acids is 1. The van der Waals surface area contributed by atoms with E-state index in [1.807, 2.05) is 18.2 Å². The van der Waals surface area contributed by atoms with Crippen molar-refractivity contribution in [2.75, 3.05) is 10.6 Å². The number of rotatable bonds is 4. The molecule has 0 saturated heterocycles. The Labute approximate surface area is 126 Å². The van der Waals surface area contributed by atoms with Crippen LogP contribution < -0.4 is 10.6 Å². The second kappa shape index (κ2) is 6.28. The normalized spacial score (nSPS) is 10.0. The van der Waals surface area contributed by atoms with Crippen LogP contribution in [0, 0.1) is 0 Å². The summed E-state index contributed by atoms with van der Waals surface area (Å²) >= 11 is 5.97. The molecule has 0 unspecified atom stereocenters. The van der Waals surface area contributed by atoms with E-state index < -0.39 is 5.97 Å². The van der Waals surface area contributed by atoms with E-state index in [9.17, 15) is 14.7 Å². The number of carbonyl (C=O) groups is 2. The fourth-order valence-corrected chi connectivity index (χ4v) is 2.11. The molecule has 0 radical (unpaired) electrons. The highest BCUT2D eigenvalue weighted by molar-refractivity contribution is 6.34. The molecule has 6 heteroatoms. The summed E-state index contributed by atoms with van der Waals surface area (Å²) in [5.41, 5.74) is 1.20. The van der Waals surface area contributed by atoms with E-state index in [-0.39, 0.29) is 22.2 Å². The Morgan fingerprint density at radius 2 is 1.76 bits per heavy atom. The molecule has 0 aromatic heterocycles. The van der Waals surface area contributed by atoms with E-state index in [1.54, 1.807) is 18.2 Å². The lowest BCUT2D eigenvalue weighted by Crippen LogP contribution is -2.11. The number of hydrogen-bond donors (Lipinski definition) is 3. The number of para-hydroxylation sites is 1. The molecule has 3 N–H and O–H groups in total. The molecular formula is C15H13ClN2O3. The molecule has 0 spiro atoms. The summed E-state index contributed by atoms with van der Waals surface area (Å²) < 4.78 is 0. The van der Waals surface area contributed by atoms with Crippen LogP contribution in [0.2, 0.25) is 5.02 Å². The van der Waals surface area contributed by atoms with Crippen LogP contribution in [0.3, 0.4) is 0 Å². The van der Waals surface area contributed by atoms with Crippen molar-refractivity contribution in [3.63, 3.8) is 0 Å². The van der Waals surface area contributed by atoms with E-state index >= 15 is 0 Å². The minimum atomic E-state index is -1.18. The quantitative estimate of drug-likeness (QED) is 0.804. The van der Waals surface area contributed by atoms with Crippen LogP contribution in [0.15, 0.2) is 42.5 Å². The smallest absolute Gasteiger partial charge is 0.339 e. The highest BCUT2D eigenvalue weighted by atomic mass is 35.5. The summed E-state index contributed by atoms with van der Waals surface area (Å²) in [6.45, 7) is 1.35. The molecule has 0 aliphatic carbocycles. The molecular weight excluding hydrogens is 292 g/mol. The van der Waals surface area contributed by atoms with Crippen LogP contribution in [0.4, 0.5) is 17.1 Å². The molecule has 0 bridgehead atoms. The predicted molar refractivity (Wildman–Crippen MR) is 82.4 cm³/mol. The molecule has 5 nitrogen and oxygen atoms in total. The van der Waals surface area contributed by atoms with Crippen LogP contribution in [0.25, 0.3) is 0 Å². The fraction of sp³-hybridized carbons (Fsp3) is 0.0667. The van der Waals surface area contributed by atoms with E-state index in [1.165, 1.54) is 13.0 Å². The van der Waals surface area contributed by atoms with Crippen LogP contribution in [0.5, 0.6) is 0 Å². The summed E-state index contributed by atoms with van der Waals surface area (Å²) in [5.74, 6) is -1.48. The number of carboxylic acid groups (broad SMARTS) is 1. The number of amides is 1. The van der Waals surface area contributed by atoms with E-state index in [0.717, 1.165) is 0 Å². The van der Waals surface area contributed by atoms with Crippen LogP contribution in [-0.4, -0.2) is 17.0 Å². The van der Waals surface area contributed by atoms with Gasteiger partial charge in [-0.05, 0) is 24.3 Å². The van der Waals surface area contributed by atoms with Gasteiger partial charge in [-0.3, -0.25) is 4.79 Å². The Hall–Kier alpha value is -2.53. The maximum Gasteiger partial charge on any atom is 0.339 e. The third-order valence-corrected chi connectivity index (χ3v) is 3.04. The summed E-state index contributed by atoms with van der Waals surface area (Å²) in [7, 11) is 0. The highest BCUT2D eigenvalue weighted by Gasteiger charge is 2.19. The SMILES string of the molecule is CC(=O)Nc1ccc(Cl)c(C(=O)O)c1Nc1ccccc1. The second-order valence-electron chi connectivity index (χ2n) is 4.32. The molecule has 1 amide bonds. The Kier molecular flexibility index (Phi) is 4.45. The predicted octanol–water partition coefficient (Wildman–Crippen LogP) is 3.74. The van der Waals surface area contributed by atoms with Gasteiger partial charge in [-0.1, -0.05) is 29.8 Å².